The maximum atomic E-state index is 5.86. The molecule has 15 heavy (non-hydrogen) atoms. The van der Waals surface area contributed by atoms with E-state index >= 15 is 0 Å². The molecule has 0 aromatic heterocycles. The molecule has 1 saturated heterocycles. The van der Waals surface area contributed by atoms with E-state index in [-0.39, 0.29) is 12.4 Å². The van der Waals surface area contributed by atoms with Gasteiger partial charge in [-0.2, -0.15) is 0 Å². The summed E-state index contributed by atoms with van der Waals surface area (Å²) in [5.41, 5.74) is 7.21. The minimum atomic E-state index is 0. The normalized spacial score (nSPS) is 21.3. The first-order valence-electron chi connectivity index (χ1n) is 4.96. The lowest BCUT2D eigenvalue weighted by molar-refractivity contribution is 0.327. The lowest BCUT2D eigenvalue weighted by Gasteiger charge is -2.15. The molecule has 1 aliphatic heterocycles. The Morgan fingerprint density at radius 2 is 2.27 bits per heavy atom. The SMILES string of the molecule is Cl.N[C@@H]1CCN(Cc2cccc(Br)c2)C1. The Hall–Kier alpha value is -0.0900. The van der Waals surface area contributed by atoms with Gasteiger partial charge in [-0.15, -0.1) is 12.4 Å². The summed E-state index contributed by atoms with van der Waals surface area (Å²) in [4.78, 5) is 2.41. The fourth-order valence-electron chi connectivity index (χ4n) is 1.90. The van der Waals surface area contributed by atoms with Crippen molar-refractivity contribution in [3.8, 4) is 0 Å². The van der Waals surface area contributed by atoms with E-state index in [1.165, 1.54) is 5.56 Å². The molecule has 1 atom stereocenters. The van der Waals surface area contributed by atoms with Crippen LogP contribution < -0.4 is 5.73 Å². The maximum Gasteiger partial charge on any atom is 0.0234 e. The summed E-state index contributed by atoms with van der Waals surface area (Å²) in [7, 11) is 0. The monoisotopic (exact) mass is 290 g/mol. The predicted molar refractivity (Wildman–Crippen MR) is 69.3 cm³/mol. The number of halogens is 2. The Bertz CT molecular complexity index is 319. The minimum Gasteiger partial charge on any atom is -0.326 e. The summed E-state index contributed by atoms with van der Waals surface area (Å²) in [6, 6.07) is 8.84. The van der Waals surface area contributed by atoms with Crippen molar-refractivity contribution in [1.29, 1.82) is 0 Å². The fourth-order valence-corrected chi connectivity index (χ4v) is 2.35. The molecule has 1 aromatic rings. The first-order valence-corrected chi connectivity index (χ1v) is 5.76. The van der Waals surface area contributed by atoms with Crippen LogP contribution in [0.1, 0.15) is 12.0 Å². The average Bonchev–Trinajstić information content (AvgIpc) is 2.51. The summed E-state index contributed by atoms with van der Waals surface area (Å²) in [6.07, 6.45) is 1.13. The number of benzene rings is 1. The first kappa shape index (κ1) is 13.0. The van der Waals surface area contributed by atoms with Crippen molar-refractivity contribution in [1.82, 2.24) is 4.90 Å². The molecule has 4 heteroatoms. The van der Waals surface area contributed by atoms with Gasteiger partial charge in [0.05, 0.1) is 0 Å². The second kappa shape index (κ2) is 5.85. The molecule has 84 valence electrons. The topological polar surface area (TPSA) is 29.3 Å². The van der Waals surface area contributed by atoms with Gasteiger partial charge in [0.15, 0.2) is 0 Å². The molecule has 2 nitrogen and oxygen atoms in total. The van der Waals surface area contributed by atoms with Gasteiger partial charge in [-0.25, -0.2) is 0 Å². The van der Waals surface area contributed by atoms with Gasteiger partial charge < -0.3 is 5.73 Å². The van der Waals surface area contributed by atoms with Crippen molar-refractivity contribution in [2.75, 3.05) is 13.1 Å². The van der Waals surface area contributed by atoms with Crippen molar-refractivity contribution >= 4 is 28.3 Å². The van der Waals surface area contributed by atoms with E-state index < -0.39 is 0 Å². The van der Waals surface area contributed by atoms with Crippen LogP contribution in [0.25, 0.3) is 0 Å². The molecule has 0 unspecified atom stereocenters. The molecule has 1 fully saturated rings. The third-order valence-corrected chi connectivity index (χ3v) is 3.10. The smallest absolute Gasteiger partial charge is 0.0234 e. The Labute approximate surface area is 105 Å². The molecule has 2 N–H and O–H groups in total. The van der Waals surface area contributed by atoms with Crippen molar-refractivity contribution in [2.45, 2.75) is 19.0 Å². The third-order valence-electron chi connectivity index (χ3n) is 2.60. The van der Waals surface area contributed by atoms with Crippen molar-refractivity contribution in [3.63, 3.8) is 0 Å². The van der Waals surface area contributed by atoms with Crippen LogP contribution in [0.4, 0.5) is 0 Å². The number of hydrogen-bond donors (Lipinski definition) is 1. The Balaban J connectivity index is 0.00000112. The quantitative estimate of drug-likeness (QED) is 0.907. The zero-order valence-corrected chi connectivity index (χ0v) is 10.9. The molecule has 1 aromatic carbocycles. The van der Waals surface area contributed by atoms with Crippen LogP contribution in [0.5, 0.6) is 0 Å². The zero-order valence-electron chi connectivity index (χ0n) is 8.53. The van der Waals surface area contributed by atoms with E-state index in [0.717, 1.165) is 30.5 Å². The Morgan fingerprint density at radius 1 is 1.47 bits per heavy atom. The lowest BCUT2D eigenvalue weighted by Crippen LogP contribution is -2.26. The van der Waals surface area contributed by atoms with Crippen molar-refractivity contribution in [3.05, 3.63) is 34.3 Å². The molecular formula is C11H16BrClN2. The molecule has 2 rings (SSSR count). The zero-order chi connectivity index (χ0) is 9.97. The summed E-state index contributed by atoms with van der Waals surface area (Å²) in [5.74, 6) is 0. The predicted octanol–water partition coefficient (Wildman–Crippen LogP) is 2.40. The van der Waals surface area contributed by atoms with Gasteiger partial charge in [-0.1, -0.05) is 28.1 Å². The van der Waals surface area contributed by atoms with Gasteiger partial charge in [0, 0.05) is 30.1 Å². The van der Waals surface area contributed by atoms with Gasteiger partial charge in [0.2, 0.25) is 0 Å². The lowest BCUT2D eigenvalue weighted by atomic mass is 10.2. The van der Waals surface area contributed by atoms with Crippen molar-refractivity contribution in [2.24, 2.45) is 5.73 Å². The number of hydrogen-bond acceptors (Lipinski definition) is 2. The number of nitrogens with zero attached hydrogens (tertiary/aromatic N) is 1. The van der Waals surface area contributed by atoms with Gasteiger partial charge in [-0.05, 0) is 24.1 Å². The number of nitrogens with two attached hydrogens (primary N) is 1. The average molecular weight is 292 g/mol. The summed E-state index contributed by atoms with van der Waals surface area (Å²) in [6.45, 7) is 3.19. The highest BCUT2D eigenvalue weighted by Gasteiger charge is 2.18. The van der Waals surface area contributed by atoms with Gasteiger partial charge in [0.1, 0.15) is 0 Å². The van der Waals surface area contributed by atoms with Crippen LogP contribution in [-0.2, 0) is 6.54 Å². The van der Waals surface area contributed by atoms with E-state index in [1.807, 2.05) is 0 Å². The number of rotatable bonds is 2. The number of likely N-dealkylation sites (tertiary alicyclic amines) is 1. The van der Waals surface area contributed by atoms with Crippen LogP contribution in [-0.4, -0.2) is 24.0 Å². The summed E-state index contributed by atoms with van der Waals surface area (Å²) >= 11 is 3.48. The van der Waals surface area contributed by atoms with Gasteiger partial charge >= 0.3 is 0 Å². The molecule has 0 amide bonds. The highest BCUT2D eigenvalue weighted by molar-refractivity contribution is 9.10. The molecule has 0 saturated carbocycles. The summed E-state index contributed by atoms with van der Waals surface area (Å²) < 4.78 is 1.15. The molecule has 0 bridgehead atoms. The maximum absolute atomic E-state index is 5.86. The van der Waals surface area contributed by atoms with E-state index in [4.69, 9.17) is 5.73 Å². The minimum absolute atomic E-state index is 0. The fraction of sp³-hybridized carbons (Fsp3) is 0.455. The Kier molecular flexibility index (Phi) is 5.06. The summed E-state index contributed by atoms with van der Waals surface area (Å²) in [5, 5.41) is 0. The van der Waals surface area contributed by atoms with E-state index in [1.54, 1.807) is 0 Å². The van der Waals surface area contributed by atoms with Gasteiger partial charge in [0.25, 0.3) is 0 Å². The second-order valence-electron chi connectivity index (χ2n) is 3.91. The highest BCUT2D eigenvalue weighted by atomic mass is 79.9. The van der Waals surface area contributed by atoms with Crippen molar-refractivity contribution < 1.29 is 0 Å². The van der Waals surface area contributed by atoms with Crippen LogP contribution in [0.2, 0.25) is 0 Å². The van der Waals surface area contributed by atoms with Crippen LogP contribution in [0.3, 0.4) is 0 Å². The largest absolute Gasteiger partial charge is 0.326 e. The molecular weight excluding hydrogens is 275 g/mol. The molecule has 1 aliphatic rings. The third kappa shape index (κ3) is 3.76. The Morgan fingerprint density at radius 3 is 2.87 bits per heavy atom. The van der Waals surface area contributed by atoms with Crippen LogP contribution in [0.15, 0.2) is 28.7 Å². The highest BCUT2D eigenvalue weighted by Crippen LogP contribution is 2.16. The van der Waals surface area contributed by atoms with Gasteiger partial charge in [-0.3, -0.25) is 4.90 Å². The van der Waals surface area contributed by atoms with E-state index in [9.17, 15) is 0 Å². The molecule has 0 aliphatic carbocycles. The van der Waals surface area contributed by atoms with Crippen LogP contribution in [0, 0.1) is 0 Å². The standard InChI is InChI=1S/C11H15BrN2.ClH/c12-10-3-1-2-9(6-10)7-14-5-4-11(13)8-14;/h1-3,6,11H,4-5,7-8,13H2;1H/t11-;/m1./s1. The van der Waals surface area contributed by atoms with E-state index in [0.29, 0.717) is 6.04 Å². The first-order chi connectivity index (χ1) is 6.74. The molecule has 0 radical (unpaired) electrons. The molecule has 0 spiro atoms. The molecule has 1 heterocycles. The second-order valence-corrected chi connectivity index (χ2v) is 4.83. The van der Waals surface area contributed by atoms with Crippen LogP contribution >= 0.6 is 28.3 Å². The van der Waals surface area contributed by atoms with E-state index in [2.05, 4.69) is 45.1 Å².